The Morgan fingerprint density at radius 1 is 1.47 bits per heavy atom. The number of nitrogens with zero attached hydrogens (tertiary/aromatic N) is 1. The molecule has 0 saturated carbocycles. The van der Waals surface area contributed by atoms with Crippen LogP contribution in [-0.4, -0.2) is 50.7 Å². The molecule has 0 aromatic rings. The van der Waals surface area contributed by atoms with E-state index >= 15 is 0 Å². The standard InChI is InChI=1S/C11H20N2O2/c1-8(7-15-2)11(14)13-5-9-3-12-4-10(9)6-13/h8-10,12H,3-7H2,1-2H3/t8?,9-,10+. The first-order valence-electron chi connectivity index (χ1n) is 5.70. The number of ether oxygens (including phenoxy) is 1. The molecule has 0 spiro atoms. The maximum atomic E-state index is 12.0. The summed E-state index contributed by atoms with van der Waals surface area (Å²) in [6.07, 6.45) is 0. The maximum absolute atomic E-state index is 12.0. The summed E-state index contributed by atoms with van der Waals surface area (Å²) in [7, 11) is 1.65. The Bertz CT molecular complexity index is 233. The third-order valence-corrected chi connectivity index (χ3v) is 3.54. The Labute approximate surface area is 91.0 Å². The zero-order valence-electron chi connectivity index (χ0n) is 9.53. The molecule has 2 saturated heterocycles. The summed E-state index contributed by atoms with van der Waals surface area (Å²) in [6.45, 7) is 6.50. The van der Waals surface area contributed by atoms with E-state index in [9.17, 15) is 4.79 Å². The van der Waals surface area contributed by atoms with Gasteiger partial charge in [0, 0.05) is 33.3 Å². The van der Waals surface area contributed by atoms with Gasteiger partial charge in [-0.1, -0.05) is 6.92 Å². The van der Waals surface area contributed by atoms with Gasteiger partial charge in [0.05, 0.1) is 12.5 Å². The molecule has 86 valence electrons. The van der Waals surface area contributed by atoms with Crippen molar-refractivity contribution in [3.63, 3.8) is 0 Å². The van der Waals surface area contributed by atoms with Gasteiger partial charge in [0.1, 0.15) is 0 Å². The zero-order chi connectivity index (χ0) is 10.8. The van der Waals surface area contributed by atoms with E-state index in [0.29, 0.717) is 18.4 Å². The van der Waals surface area contributed by atoms with Gasteiger partial charge in [0.25, 0.3) is 0 Å². The van der Waals surface area contributed by atoms with Crippen LogP contribution in [0.25, 0.3) is 0 Å². The number of likely N-dealkylation sites (tertiary alicyclic amines) is 1. The second kappa shape index (κ2) is 4.49. The number of methoxy groups -OCH3 is 1. The topological polar surface area (TPSA) is 41.6 Å². The lowest BCUT2D eigenvalue weighted by molar-refractivity contribution is -0.135. The van der Waals surface area contributed by atoms with E-state index in [-0.39, 0.29) is 11.8 Å². The summed E-state index contributed by atoms with van der Waals surface area (Å²) in [5, 5.41) is 3.38. The van der Waals surface area contributed by atoms with Gasteiger partial charge < -0.3 is 15.0 Å². The molecule has 4 nitrogen and oxygen atoms in total. The second-order valence-electron chi connectivity index (χ2n) is 4.78. The molecule has 15 heavy (non-hydrogen) atoms. The molecule has 2 heterocycles. The van der Waals surface area contributed by atoms with Crippen molar-refractivity contribution >= 4 is 5.91 Å². The van der Waals surface area contributed by atoms with Gasteiger partial charge >= 0.3 is 0 Å². The van der Waals surface area contributed by atoms with Crippen LogP contribution in [0, 0.1) is 17.8 Å². The summed E-state index contributed by atoms with van der Waals surface area (Å²) in [5.41, 5.74) is 0. The van der Waals surface area contributed by atoms with Crippen LogP contribution in [-0.2, 0) is 9.53 Å². The predicted molar refractivity (Wildman–Crippen MR) is 57.5 cm³/mol. The van der Waals surface area contributed by atoms with Crippen LogP contribution in [0.2, 0.25) is 0 Å². The van der Waals surface area contributed by atoms with Gasteiger partial charge in [-0.05, 0) is 11.8 Å². The maximum Gasteiger partial charge on any atom is 0.227 e. The number of carbonyl (C=O) groups excluding carboxylic acids is 1. The van der Waals surface area contributed by atoms with Crippen LogP contribution < -0.4 is 5.32 Å². The second-order valence-corrected chi connectivity index (χ2v) is 4.78. The van der Waals surface area contributed by atoms with Crippen molar-refractivity contribution in [1.82, 2.24) is 10.2 Å². The van der Waals surface area contributed by atoms with Crippen LogP contribution in [0.15, 0.2) is 0 Å². The van der Waals surface area contributed by atoms with Gasteiger partial charge in [-0.25, -0.2) is 0 Å². The minimum absolute atomic E-state index is 0.00165. The normalized spacial score (nSPS) is 31.7. The van der Waals surface area contributed by atoms with E-state index in [4.69, 9.17) is 4.74 Å². The van der Waals surface area contributed by atoms with Crippen LogP contribution in [0.5, 0.6) is 0 Å². The lowest BCUT2D eigenvalue weighted by atomic mass is 10.0. The van der Waals surface area contributed by atoms with Gasteiger partial charge in [0.2, 0.25) is 5.91 Å². The highest BCUT2D eigenvalue weighted by Crippen LogP contribution is 2.27. The van der Waals surface area contributed by atoms with Crippen molar-refractivity contribution in [1.29, 1.82) is 0 Å². The lowest BCUT2D eigenvalue weighted by Gasteiger charge is -2.21. The van der Waals surface area contributed by atoms with Gasteiger partial charge in [-0.15, -0.1) is 0 Å². The third kappa shape index (κ3) is 2.16. The van der Waals surface area contributed by atoms with E-state index in [1.807, 2.05) is 11.8 Å². The molecule has 2 fully saturated rings. The van der Waals surface area contributed by atoms with Crippen molar-refractivity contribution < 1.29 is 9.53 Å². The fourth-order valence-corrected chi connectivity index (χ4v) is 2.67. The SMILES string of the molecule is COCC(C)C(=O)N1C[C@H]2CNC[C@H]2C1. The number of amides is 1. The summed E-state index contributed by atoms with van der Waals surface area (Å²) in [5.74, 6) is 1.63. The quantitative estimate of drug-likeness (QED) is 0.713. The number of nitrogens with one attached hydrogen (secondary N) is 1. The number of hydrogen-bond donors (Lipinski definition) is 1. The highest BCUT2D eigenvalue weighted by atomic mass is 16.5. The smallest absolute Gasteiger partial charge is 0.227 e. The highest BCUT2D eigenvalue weighted by molar-refractivity contribution is 5.79. The minimum atomic E-state index is 0.00165. The Morgan fingerprint density at radius 3 is 2.60 bits per heavy atom. The van der Waals surface area contributed by atoms with E-state index in [0.717, 1.165) is 26.2 Å². The Kier molecular flexibility index (Phi) is 3.26. The van der Waals surface area contributed by atoms with Crippen molar-refractivity contribution in [2.75, 3.05) is 39.9 Å². The molecular formula is C11H20N2O2. The third-order valence-electron chi connectivity index (χ3n) is 3.54. The zero-order valence-corrected chi connectivity index (χ0v) is 9.53. The molecule has 2 aliphatic heterocycles. The first-order chi connectivity index (χ1) is 7.22. The molecule has 2 rings (SSSR count). The summed E-state index contributed by atoms with van der Waals surface area (Å²) >= 11 is 0. The number of carbonyl (C=O) groups is 1. The fraction of sp³-hybridized carbons (Fsp3) is 0.909. The van der Waals surface area contributed by atoms with Gasteiger partial charge in [-0.2, -0.15) is 0 Å². The Balaban J connectivity index is 1.87. The average Bonchev–Trinajstić information content (AvgIpc) is 2.75. The van der Waals surface area contributed by atoms with Gasteiger partial charge in [0.15, 0.2) is 0 Å². The van der Waals surface area contributed by atoms with Gasteiger partial charge in [-0.3, -0.25) is 4.79 Å². The monoisotopic (exact) mass is 212 g/mol. The first-order valence-corrected chi connectivity index (χ1v) is 5.70. The fourth-order valence-electron chi connectivity index (χ4n) is 2.67. The van der Waals surface area contributed by atoms with Crippen LogP contribution >= 0.6 is 0 Å². The predicted octanol–water partition coefficient (Wildman–Crippen LogP) is -0.0533. The van der Waals surface area contributed by atoms with E-state index in [2.05, 4.69) is 5.32 Å². The number of hydrogen-bond acceptors (Lipinski definition) is 3. The molecule has 1 amide bonds. The molecule has 0 bridgehead atoms. The number of fused-ring (bicyclic) bond motifs is 1. The highest BCUT2D eigenvalue weighted by Gasteiger charge is 2.38. The van der Waals surface area contributed by atoms with Crippen LogP contribution in [0.3, 0.4) is 0 Å². The van der Waals surface area contributed by atoms with Crippen molar-refractivity contribution in [2.45, 2.75) is 6.92 Å². The largest absolute Gasteiger partial charge is 0.384 e. The van der Waals surface area contributed by atoms with E-state index in [1.54, 1.807) is 7.11 Å². The summed E-state index contributed by atoms with van der Waals surface area (Å²) in [4.78, 5) is 14.0. The van der Waals surface area contributed by atoms with Crippen LogP contribution in [0.4, 0.5) is 0 Å². The molecule has 0 radical (unpaired) electrons. The van der Waals surface area contributed by atoms with E-state index < -0.39 is 0 Å². The average molecular weight is 212 g/mol. The Morgan fingerprint density at radius 2 is 2.07 bits per heavy atom. The summed E-state index contributed by atoms with van der Waals surface area (Å²) in [6, 6.07) is 0. The lowest BCUT2D eigenvalue weighted by Crippen LogP contribution is -2.36. The first kappa shape index (κ1) is 10.9. The number of rotatable bonds is 3. The summed E-state index contributed by atoms with van der Waals surface area (Å²) < 4.78 is 5.02. The molecule has 1 unspecified atom stereocenters. The molecule has 0 aromatic heterocycles. The van der Waals surface area contributed by atoms with Crippen molar-refractivity contribution in [2.24, 2.45) is 17.8 Å². The minimum Gasteiger partial charge on any atom is -0.384 e. The molecule has 2 aliphatic rings. The molecular weight excluding hydrogens is 192 g/mol. The van der Waals surface area contributed by atoms with Crippen molar-refractivity contribution in [3.05, 3.63) is 0 Å². The Hall–Kier alpha value is -0.610. The molecule has 1 N–H and O–H groups in total. The molecule has 4 heteroatoms. The van der Waals surface area contributed by atoms with Crippen molar-refractivity contribution in [3.8, 4) is 0 Å². The van der Waals surface area contributed by atoms with Crippen LogP contribution in [0.1, 0.15) is 6.92 Å². The van der Waals surface area contributed by atoms with E-state index in [1.165, 1.54) is 0 Å². The molecule has 0 aromatic carbocycles. The molecule has 3 atom stereocenters. The molecule has 0 aliphatic carbocycles.